The Labute approximate surface area is 123 Å². The zero-order valence-electron chi connectivity index (χ0n) is 11.6. The van der Waals surface area contributed by atoms with Gasteiger partial charge in [0, 0.05) is 6.04 Å². The van der Waals surface area contributed by atoms with E-state index >= 15 is 0 Å². The van der Waals surface area contributed by atoms with Gasteiger partial charge in [-0.1, -0.05) is 6.07 Å². The molecular weight excluding hydrogens is 310 g/mol. The SMILES string of the molecule is N[C@@H](c1ccc(C(F)(F)F)cc1C(F)(F)F)C1CCNCC1. The van der Waals surface area contributed by atoms with Crippen LogP contribution in [0.5, 0.6) is 0 Å². The summed E-state index contributed by atoms with van der Waals surface area (Å²) in [5.74, 6) is -0.181. The Morgan fingerprint density at radius 1 is 1.00 bits per heavy atom. The molecule has 2 rings (SSSR count). The topological polar surface area (TPSA) is 38.0 Å². The first-order valence-corrected chi connectivity index (χ1v) is 6.85. The molecule has 0 bridgehead atoms. The van der Waals surface area contributed by atoms with E-state index < -0.39 is 29.5 Å². The summed E-state index contributed by atoms with van der Waals surface area (Å²) in [5, 5.41) is 3.07. The fraction of sp³-hybridized carbons (Fsp3) is 0.571. The number of alkyl halides is 6. The Morgan fingerprint density at radius 3 is 2.09 bits per heavy atom. The van der Waals surface area contributed by atoms with E-state index in [0.29, 0.717) is 32.0 Å². The van der Waals surface area contributed by atoms with Gasteiger partial charge in [-0.25, -0.2) is 0 Å². The largest absolute Gasteiger partial charge is 0.416 e. The van der Waals surface area contributed by atoms with Crippen molar-refractivity contribution < 1.29 is 26.3 Å². The third-order valence-corrected chi connectivity index (χ3v) is 3.94. The Kier molecular flexibility index (Phi) is 4.72. The third-order valence-electron chi connectivity index (χ3n) is 3.94. The van der Waals surface area contributed by atoms with E-state index in [2.05, 4.69) is 5.32 Å². The fourth-order valence-electron chi connectivity index (χ4n) is 2.73. The van der Waals surface area contributed by atoms with Gasteiger partial charge in [-0.15, -0.1) is 0 Å². The van der Waals surface area contributed by atoms with E-state index in [1.807, 2.05) is 0 Å². The molecule has 124 valence electrons. The van der Waals surface area contributed by atoms with Crippen molar-refractivity contribution in [3.8, 4) is 0 Å². The molecule has 0 unspecified atom stereocenters. The smallest absolute Gasteiger partial charge is 0.324 e. The molecule has 0 amide bonds. The lowest BCUT2D eigenvalue weighted by atomic mass is 9.84. The lowest BCUT2D eigenvalue weighted by Gasteiger charge is -2.30. The van der Waals surface area contributed by atoms with Crippen LogP contribution in [0.15, 0.2) is 18.2 Å². The molecule has 1 atom stereocenters. The van der Waals surface area contributed by atoms with Crippen LogP contribution >= 0.6 is 0 Å². The Hall–Kier alpha value is -1.28. The molecule has 2 nitrogen and oxygen atoms in total. The summed E-state index contributed by atoms with van der Waals surface area (Å²) in [6, 6.07) is 0.737. The van der Waals surface area contributed by atoms with Crippen LogP contribution in [0.1, 0.15) is 35.6 Å². The molecule has 1 aliphatic heterocycles. The molecule has 0 spiro atoms. The highest BCUT2D eigenvalue weighted by Gasteiger charge is 2.40. The first kappa shape index (κ1) is 17.1. The molecule has 0 aliphatic carbocycles. The van der Waals surface area contributed by atoms with E-state index in [1.165, 1.54) is 0 Å². The van der Waals surface area contributed by atoms with Crippen molar-refractivity contribution >= 4 is 0 Å². The molecule has 1 saturated heterocycles. The molecule has 1 heterocycles. The maximum absolute atomic E-state index is 13.1. The summed E-state index contributed by atoms with van der Waals surface area (Å²) in [7, 11) is 0. The lowest BCUT2D eigenvalue weighted by molar-refractivity contribution is -0.143. The molecule has 1 aliphatic rings. The van der Waals surface area contributed by atoms with Gasteiger partial charge in [-0.2, -0.15) is 26.3 Å². The van der Waals surface area contributed by atoms with Crippen molar-refractivity contribution in [2.24, 2.45) is 11.7 Å². The van der Waals surface area contributed by atoms with Gasteiger partial charge in [-0.3, -0.25) is 0 Å². The van der Waals surface area contributed by atoms with Gasteiger partial charge in [0.05, 0.1) is 11.1 Å². The second-order valence-electron chi connectivity index (χ2n) is 5.41. The average molecular weight is 326 g/mol. The highest BCUT2D eigenvalue weighted by molar-refractivity contribution is 5.37. The van der Waals surface area contributed by atoms with E-state index in [0.717, 1.165) is 6.07 Å². The summed E-state index contributed by atoms with van der Waals surface area (Å²) in [4.78, 5) is 0. The first-order chi connectivity index (χ1) is 10.1. The molecule has 0 aromatic heterocycles. The van der Waals surface area contributed by atoms with Crippen LogP contribution in [0.2, 0.25) is 0 Å². The van der Waals surface area contributed by atoms with Gasteiger partial charge >= 0.3 is 12.4 Å². The highest BCUT2D eigenvalue weighted by Crippen LogP contribution is 2.40. The Bertz CT molecular complexity index is 517. The Balaban J connectivity index is 2.41. The van der Waals surface area contributed by atoms with Crippen molar-refractivity contribution in [2.75, 3.05) is 13.1 Å². The second-order valence-corrected chi connectivity index (χ2v) is 5.41. The van der Waals surface area contributed by atoms with E-state index in [-0.39, 0.29) is 17.5 Å². The van der Waals surface area contributed by atoms with Crippen LogP contribution in [0.3, 0.4) is 0 Å². The van der Waals surface area contributed by atoms with Crippen molar-refractivity contribution in [3.05, 3.63) is 34.9 Å². The number of piperidine rings is 1. The molecule has 3 N–H and O–H groups in total. The normalized spacial score (nSPS) is 19.2. The summed E-state index contributed by atoms with van der Waals surface area (Å²) < 4.78 is 77.2. The molecule has 0 saturated carbocycles. The van der Waals surface area contributed by atoms with Gasteiger partial charge in [0.25, 0.3) is 0 Å². The number of nitrogens with two attached hydrogens (primary N) is 1. The van der Waals surface area contributed by atoms with Gasteiger partial charge in [0.1, 0.15) is 0 Å². The van der Waals surface area contributed by atoms with Crippen LogP contribution < -0.4 is 11.1 Å². The van der Waals surface area contributed by atoms with Gasteiger partial charge in [0.15, 0.2) is 0 Å². The minimum atomic E-state index is -4.87. The maximum Gasteiger partial charge on any atom is 0.416 e. The summed E-state index contributed by atoms with van der Waals surface area (Å²) >= 11 is 0. The maximum atomic E-state index is 13.1. The van der Waals surface area contributed by atoms with Crippen molar-refractivity contribution in [3.63, 3.8) is 0 Å². The van der Waals surface area contributed by atoms with Crippen LogP contribution in [0.4, 0.5) is 26.3 Å². The van der Waals surface area contributed by atoms with Crippen molar-refractivity contribution in [1.29, 1.82) is 0 Å². The highest BCUT2D eigenvalue weighted by atomic mass is 19.4. The second kappa shape index (κ2) is 6.08. The number of benzene rings is 1. The van der Waals surface area contributed by atoms with E-state index in [9.17, 15) is 26.3 Å². The third kappa shape index (κ3) is 3.73. The van der Waals surface area contributed by atoms with Gasteiger partial charge < -0.3 is 11.1 Å². The summed E-state index contributed by atoms with van der Waals surface area (Å²) in [6.45, 7) is 1.28. The number of hydrogen-bond donors (Lipinski definition) is 2. The zero-order valence-corrected chi connectivity index (χ0v) is 11.6. The van der Waals surface area contributed by atoms with Crippen molar-refractivity contribution in [1.82, 2.24) is 5.32 Å². The Morgan fingerprint density at radius 2 is 1.59 bits per heavy atom. The van der Waals surface area contributed by atoms with Gasteiger partial charge in [0.2, 0.25) is 0 Å². The predicted molar refractivity (Wildman–Crippen MR) is 69.0 cm³/mol. The monoisotopic (exact) mass is 326 g/mol. The zero-order chi connectivity index (χ0) is 16.5. The molecule has 0 radical (unpaired) electrons. The summed E-state index contributed by atoms with van der Waals surface area (Å²) in [5.41, 5.74) is 3.03. The van der Waals surface area contributed by atoms with Crippen LogP contribution in [-0.2, 0) is 12.4 Å². The number of halogens is 6. The first-order valence-electron chi connectivity index (χ1n) is 6.85. The number of rotatable bonds is 2. The standard InChI is InChI=1S/C14H16F6N2/c15-13(16,17)9-1-2-10(11(7-9)14(18,19)20)12(21)8-3-5-22-6-4-8/h1-2,7-8,12,22H,3-6,21H2/t12-/m1/s1. The van der Waals surface area contributed by atoms with E-state index in [4.69, 9.17) is 5.73 Å². The lowest BCUT2D eigenvalue weighted by Crippen LogP contribution is -2.34. The minimum absolute atomic E-state index is 0.149. The van der Waals surface area contributed by atoms with Crippen LogP contribution in [0.25, 0.3) is 0 Å². The average Bonchev–Trinajstić information content (AvgIpc) is 2.45. The van der Waals surface area contributed by atoms with Crippen LogP contribution in [0, 0.1) is 5.92 Å². The predicted octanol–water partition coefficient (Wildman–Crippen LogP) is 3.72. The van der Waals surface area contributed by atoms with Crippen LogP contribution in [-0.4, -0.2) is 13.1 Å². The fourth-order valence-corrected chi connectivity index (χ4v) is 2.73. The molecule has 1 aromatic carbocycles. The van der Waals surface area contributed by atoms with E-state index in [1.54, 1.807) is 0 Å². The summed E-state index contributed by atoms with van der Waals surface area (Å²) in [6.07, 6.45) is -8.50. The number of nitrogens with one attached hydrogen (secondary N) is 1. The molecule has 1 aromatic rings. The molecule has 8 heteroatoms. The van der Waals surface area contributed by atoms with Gasteiger partial charge in [-0.05, 0) is 49.5 Å². The molecule has 1 fully saturated rings. The quantitative estimate of drug-likeness (QED) is 0.813. The number of hydrogen-bond acceptors (Lipinski definition) is 2. The minimum Gasteiger partial charge on any atom is -0.324 e. The molecule has 22 heavy (non-hydrogen) atoms. The molecular formula is C14H16F6N2. The van der Waals surface area contributed by atoms with Crippen molar-refractivity contribution in [2.45, 2.75) is 31.2 Å².